The van der Waals surface area contributed by atoms with Gasteiger partial charge in [-0.2, -0.15) is 13.2 Å². The molecule has 2 aromatic rings. The maximum absolute atomic E-state index is 12.3. The van der Waals surface area contributed by atoms with Crippen molar-refractivity contribution in [2.45, 2.75) is 26.6 Å². The molecule has 2 N–H and O–H groups in total. The van der Waals surface area contributed by atoms with Gasteiger partial charge in [0, 0.05) is 24.4 Å². The van der Waals surface area contributed by atoms with Crippen LogP contribution in [0.15, 0.2) is 36.5 Å². The SMILES string of the molecule is CCOc1ccc(C(=O)NCC(=O)NCc2ccnc(OCC(F)(F)F)c2)cc1OCC. The summed E-state index contributed by atoms with van der Waals surface area (Å²) >= 11 is 0. The van der Waals surface area contributed by atoms with E-state index < -0.39 is 24.6 Å². The number of amides is 2. The van der Waals surface area contributed by atoms with Gasteiger partial charge in [0.2, 0.25) is 11.8 Å². The second-order valence-corrected chi connectivity index (χ2v) is 6.39. The van der Waals surface area contributed by atoms with Crippen LogP contribution in [0.4, 0.5) is 13.2 Å². The van der Waals surface area contributed by atoms with Gasteiger partial charge in [0.25, 0.3) is 5.91 Å². The Morgan fingerprint density at radius 3 is 2.38 bits per heavy atom. The number of nitrogens with one attached hydrogen (secondary N) is 2. The summed E-state index contributed by atoms with van der Waals surface area (Å²) in [5.74, 6) is -0.227. The Morgan fingerprint density at radius 2 is 1.69 bits per heavy atom. The summed E-state index contributed by atoms with van der Waals surface area (Å²) in [6.45, 7) is 2.75. The average Bonchev–Trinajstić information content (AvgIpc) is 2.76. The maximum atomic E-state index is 12.3. The molecule has 1 heterocycles. The van der Waals surface area contributed by atoms with Crippen LogP contribution >= 0.6 is 0 Å². The normalized spacial score (nSPS) is 10.9. The fraction of sp³-hybridized carbons (Fsp3) is 0.381. The highest BCUT2D eigenvalue weighted by Crippen LogP contribution is 2.28. The van der Waals surface area contributed by atoms with Crippen LogP contribution in [0.5, 0.6) is 17.4 Å². The van der Waals surface area contributed by atoms with E-state index in [4.69, 9.17) is 9.47 Å². The number of carbonyl (C=O) groups excluding carboxylic acids is 2. The van der Waals surface area contributed by atoms with Gasteiger partial charge in [-0.1, -0.05) is 0 Å². The molecular weight excluding hydrogens is 431 g/mol. The molecule has 174 valence electrons. The second kappa shape index (κ2) is 11.8. The summed E-state index contributed by atoms with van der Waals surface area (Å²) < 4.78 is 52.2. The lowest BCUT2D eigenvalue weighted by Gasteiger charge is -2.12. The number of ether oxygens (including phenoxy) is 3. The summed E-state index contributed by atoms with van der Waals surface area (Å²) in [4.78, 5) is 28.1. The molecule has 11 heteroatoms. The van der Waals surface area contributed by atoms with E-state index in [-0.39, 0.29) is 19.0 Å². The molecule has 0 aliphatic carbocycles. The lowest BCUT2D eigenvalue weighted by molar-refractivity contribution is -0.154. The summed E-state index contributed by atoms with van der Waals surface area (Å²) in [5.41, 5.74) is 0.787. The number of aromatic nitrogens is 1. The number of alkyl halides is 3. The number of carbonyl (C=O) groups is 2. The van der Waals surface area contributed by atoms with Crippen LogP contribution in [-0.2, 0) is 11.3 Å². The van der Waals surface area contributed by atoms with Gasteiger partial charge in [-0.05, 0) is 43.7 Å². The monoisotopic (exact) mass is 455 g/mol. The molecule has 1 aromatic heterocycles. The maximum Gasteiger partial charge on any atom is 0.422 e. The topological polar surface area (TPSA) is 98.8 Å². The standard InChI is InChI=1S/C21H24F3N3O5/c1-3-30-16-6-5-15(10-17(16)31-4-2)20(29)27-12-18(28)26-11-14-7-8-25-19(9-14)32-13-21(22,23)24/h5-10H,3-4,11-13H2,1-2H3,(H,26,28)(H,27,29). The number of rotatable bonds is 11. The third-order valence-corrected chi connectivity index (χ3v) is 3.89. The van der Waals surface area contributed by atoms with Gasteiger partial charge in [0.05, 0.1) is 19.8 Å². The first kappa shape index (κ1) is 24.8. The average molecular weight is 455 g/mol. The largest absolute Gasteiger partial charge is 0.490 e. The zero-order valence-corrected chi connectivity index (χ0v) is 17.6. The molecule has 8 nitrogen and oxygen atoms in total. The van der Waals surface area contributed by atoms with Gasteiger partial charge in [-0.25, -0.2) is 4.98 Å². The van der Waals surface area contributed by atoms with Crippen molar-refractivity contribution in [2.24, 2.45) is 0 Å². The molecule has 0 atom stereocenters. The van der Waals surface area contributed by atoms with Gasteiger partial charge in [0.1, 0.15) is 0 Å². The van der Waals surface area contributed by atoms with Crippen LogP contribution in [0.1, 0.15) is 29.8 Å². The van der Waals surface area contributed by atoms with Crippen LogP contribution in [0.2, 0.25) is 0 Å². The highest BCUT2D eigenvalue weighted by Gasteiger charge is 2.28. The predicted octanol–water partition coefficient (Wildman–Crippen LogP) is 2.87. The van der Waals surface area contributed by atoms with Crippen molar-refractivity contribution >= 4 is 11.8 Å². The van der Waals surface area contributed by atoms with Gasteiger partial charge in [-0.3, -0.25) is 9.59 Å². The summed E-state index contributed by atoms with van der Waals surface area (Å²) in [7, 11) is 0. The number of hydrogen-bond donors (Lipinski definition) is 2. The molecule has 0 fully saturated rings. The van der Waals surface area contributed by atoms with Crippen LogP contribution in [0.3, 0.4) is 0 Å². The number of benzene rings is 1. The molecule has 2 amide bonds. The van der Waals surface area contributed by atoms with E-state index in [1.54, 1.807) is 19.1 Å². The Balaban J connectivity index is 1.85. The van der Waals surface area contributed by atoms with Crippen molar-refractivity contribution in [3.8, 4) is 17.4 Å². The minimum atomic E-state index is -4.48. The van der Waals surface area contributed by atoms with E-state index in [1.165, 1.54) is 24.4 Å². The number of hydrogen-bond acceptors (Lipinski definition) is 6. The molecule has 0 aliphatic heterocycles. The van der Waals surface area contributed by atoms with Crippen molar-refractivity contribution in [1.82, 2.24) is 15.6 Å². The minimum Gasteiger partial charge on any atom is -0.490 e. The van der Waals surface area contributed by atoms with E-state index in [2.05, 4.69) is 20.4 Å². The van der Waals surface area contributed by atoms with Crippen LogP contribution in [-0.4, -0.2) is 49.3 Å². The first-order chi connectivity index (χ1) is 15.2. The molecule has 0 radical (unpaired) electrons. The quantitative estimate of drug-likeness (QED) is 0.541. The van der Waals surface area contributed by atoms with Crippen LogP contribution in [0.25, 0.3) is 0 Å². The Bertz CT molecular complexity index is 922. The third-order valence-electron chi connectivity index (χ3n) is 3.89. The van der Waals surface area contributed by atoms with Crippen molar-refractivity contribution in [2.75, 3.05) is 26.4 Å². The van der Waals surface area contributed by atoms with E-state index in [1.807, 2.05) is 6.92 Å². The zero-order valence-electron chi connectivity index (χ0n) is 17.6. The van der Waals surface area contributed by atoms with Crippen molar-refractivity contribution < 1.29 is 37.0 Å². The number of halogens is 3. The Kier molecular flexibility index (Phi) is 9.11. The van der Waals surface area contributed by atoms with Gasteiger partial charge in [-0.15, -0.1) is 0 Å². The van der Waals surface area contributed by atoms with E-state index in [0.29, 0.717) is 35.8 Å². The smallest absolute Gasteiger partial charge is 0.422 e. The summed E-state index contributed by atoms with van der Waals surface area (Å²) in [5, 5.41) is 5.05. The van der Waals surface area contributed by atoms with Gasteiger partial charge in [0.15, 0.2) is 18.1 Å². The molecule has 0 unspecified atom stereocenters. The fourth-order valence-corrected chi connectivity index (χ4v) is 2.51. The lowest BCUT2D eigenvalue weighted by Crippen LogP contribution is -2.36. The fourth-order valence-electron chi connectivity index (χ4n) is 2.51. The van der Waals surface area contributed by atoms with E-state index >= 15 is 0 Å². The molecule has 0 saturated carbocycles. The molecular formula is C21H24F3N3O5. The minimum absolute atomic E-state index is 0.0249. The number of pyridine rings is 1. The lowest BCUT2D eigenvalue weighted by atomic mass is 10.2. The van der Waals surface area contributed by atoms with Gasteiger partial charge < -0.3 is 24.8 Å². The Morgan fingerprint density at radius 1 is 0.969 bits per heavy atom. The predicted molar refractivity (Wildman–Crippen MR) is 109 cm³/mol. The summed E-state index contributed by atoms with van der Waals surface area (Å²) in [6, 6.07) is 7.51. The second-order valence-electron chi connectivity index (χ2n) is 6.39. The third kappa shape index (κ3) is 8.32. The Hall–Kier alpha value is -3.50. The first-order valence-electron chi connectivity index (χ1n) is 9.80. The van der Waals surface area contributed by atoms with Crippen molar-refractivity contribution in [1.29, 1.82) is 0 Å². The molecule has 2 rings (SSSR count). The Labute approximate surface area is 183 Å². The van der Waals surface area contributed by atoms with Crippen molar-refractivity contribution in [3.05, 3.63) is 47.7 Å². The van der Waals surface area contributed by atoms with E-state index in [9.17, 15) is 22.8 Å². The molecule has 0 spiro atoms. The zero-order chi connectivity index (χ0) is 23.6. The van der Waals surface area contributed by atoms with E-state index in [0.717, 1.165) is 0 Å². The molecule has 0 aliphatic rings. The molecule has 0 saturated heterocycles. The first-order valence-corrected chi connectivity index (χ1v) is 9.80. The highest BCUT2D eigenvalue weighted by atomic mass is 19.4. The highest BCUT2D eigenvalue weighted by molar-refractivity contribution is 5.97. The molecule has 32 heavy (non-hydrogen) atoms. The van der Waals surface area contributed by atoms with Gasteiger partial charge >= 0.3 is 6.18 Å². The van der Waals surface area contributed by atoms with Crippen LogP contribution in [0, 0.1) is 0 Å². The molecule has 0 bridgehead atoms. The molecule has 1 aromatic carbocycles. The van der Waals surface area contributed by atoms with Crippen molar-refractivity contribution in [3.63, 3.8) is 0 Å². The number of nitrogens with zero attached hydrogens (tertiary/aromatic N) is 1. The van der Waals surface area contributed by atoms with Crippen LogP contribution < -0.4 is 24.8 Å². The summed E-state index contributed by atoms with van der Waals surface area (Å²) in [6.07, 6.45) is -3.20.